The van der Waals surface area contributed by atoms with Crippen LogP contribution in [0.3, 0.4) is 0 Å². The minimum atomic E-state index is -1.58. The number of aliphatic hydroxyl groups excluding tert-OH is 5. The van der Waals surface area contributed by atoms with Crippen molar-refractivity contribution in [1.82, 2.24) is 5.32 Å². The topological polar surface area (TPSA) is 175 Å². The zero-order valence-electron chi connectivity index (χ0n) is 43.8. The number of unbranched alkanes of at least 4 members (excludes halogenated alkanes) is 25. The maximum Gasteiger partial charge on any atom is 0.305 e. The number of ether oxygens (including phenoxy) is 3. The van der Waals surface area contributed by atoms with Crippen LogP contribution < -0.4 is 5.32 Å². The fourth-order valence-corrected chi connectivity index (χ4v) is 8.30. The lowest BCUT2D eigenvalue weighted by atomic mass is 9.99. The lowest BCUT2D eigenvalue weighted by Crippen LogP contribution is -2.60. The molecule has 7 atom stereocenters. The number of nitrogens with one attached hydrogen (secondary N) is 1. The van der Waals surface area contributed by atoms with Gasteiger partial charge in [0.2, 0.25) is 5.91 Å². The number of hydrogen-bond acceptors (Lipinski definition) is 10. The molecule has 0 aliphatic carbocycles. The lowest BCUT2D eigenvalue weighted by molar-refractivity contribution is -0.302. The molecule has 1 rings (SSSR count). The molecule has 1 amide bonds. The number of allylic oxidation sites excluding steroid dienone is 9. The van der Waals surface area contributed by atoms with E-state index in [2.05, 4.69) is 67.8 Å². The van der Waals surface area contributed by atoms with Gasteiger partial charge in [0.1, 0.15) is 24.4 Å². The summed E-state index contributed by atoms with van der Waals surface area (Å²) < 4.78 is 16.6. The van der Waals surface area contributed by atoms with E-state index in [4.69, 9.17) is 14.2 Å². The molecular formula is C58H103NO10. The third-order valence-corrected chi connectivity index (χ3v) is 12.8. The molecule has 0 aromatic carbocycles. The van der Waals surface area contributed by atoms with E-state index in [1.165, 1.54) is 109 Å². The van der Waals surface area contributed by atoms with Crippen molar-refractivity contribution in [3.63, 3.8) is 0 Å². The van der Waals surface area contributed by atoms with Crippen molar-refractivity contribution in [3.05, 3.63) is 60.8 Å². The van der Waals surface area contributed by atoms with Crippen molar-refractivity contribution in [2.45, 2.75) is 275 Å². The largest absolute Gasteiger partial charge is 0.466 e. The summed E-state index contributed by atoms with van der Waals surface area (Å²) in [6.45, 7) is 4.21. The van der Waals surface area contributed by atoms with Gasteiger partial charge in [-0.2, -0.15) is 0 Å². The van der Waals surface area contributed by atoms with E-state index in [1.54, 1.807) is 6.08 Å². The van der Waals surface area contributed by atoms with Crippen LogP contribution in [0.1, 0.15) is 232 Å². The average molecular weight is 974 g/mol. The predicted molar refractivity (Wildman–Crippen MR) is 283 cm³/mol. The van der Waals surface area contributed by atoms with Crippen LogP contribution in [0.2, 0.25) is 0 Å². The fraction of sp³-hybridized carbons (Fsp3) is 0.793. The number of rotatable bonds is 47. The smallest absolute Gasteiger partial charge is 0.305 e. The lowest BCUT2D eigenvalue weighted by Gasteiger charge is -2.40. The monoisotopic (exact) mass is 974 g/mol. The first-order valence-corrected chi connectivity index (χ1v) is 28.1. The Morgan fingerprint density at radius 2 is 0.986 bits per heavy atom. The van der Waals surface area contributed by atoms with Gasteiger partial charge in [-0.1, -0.05) is 171 Å². The summed E-state index contributed by atoms with van der Waals surface area (Å²) in [5.41, 5.74) is 0. The second-order valence-corrected chi connectivity index (χ2v) is 19.3. The van der Waals surface area contributed by atoms with Gasteiger partial charge < -0.3 is 45.1 Å². The first-order chi connectivity index (χ1) is 33.7. The summed E-state index contributed by atoms with van der Waals surface area (Å²) in [5.74, 6) is -0.255. The fourth-order valence-electron chi connectivity index (χ4n) is 8.30. The Bertz CT molecular complexity index is 1330. The highest BCUT2D eigenvalue weighted by Crippen LogP contribution is 2.23. The molecule has 1 aliphatic heterocycles. The van der Waals surface area contributed by atoms with Crippen LogP contribution >= 0.6 is 0 Å². The van der Waals surface area contributed by atoms with Gasteiger partial charge in [-0.15, -0.1) is 0 Å². The average Bonchev–Trinajstić information content (AvgIpc) is 3.34. The van der Waals surface area contributed by atoms with Crippen molar-refractivity contribution in [2.75, 3.05) is 19.8 Å². The van der Waals surface area contributed by atoms with Crippen molar-refractivity contribution < 1.29 is 49.3 Å². The minimum Gasteiger partial charge on any atom is -0.466 e. The molecule has 1 fully saturated rings. The number of amides is 1. The van der Waals surface area contributed by atoms with E-state index < -0.39 is 49.5 Å². The molecule has 11 heteroatoms. The Morgan fingerprint density at radius 1 is 0.536 bits per heavy atom. The van der Waals surface area contributed by atoms with Crippen molar-refractivity contribution in [1.29, 1.82) is 0 Å². The SMILES string of the molecule is CCCCC/C=C\CCCCCCCC(=O)OCCCCC/C=C\C/C=C\CCCCCCCCCC(=O)NC(COC1OC(CO)C(O)C(O)C1O)C(O)/C=C/CC/C=C/CCCCCCCC. The molecule has 0 radical (unpaired) electrons. The van der Waals surface area contributed by atoms with E-state index >= 15 is 0 Å². The van der Waals surface area contributed by atoms with Gasteiger partial charge in [-0.05, 0) is 109 Å². The minimum absolute atomic E-state index is 0.0442. The van der Waals surface area contributed by atoms with Gasteiger partial charge >= 0.3 is 5.97 Å². The van der Waals surface area contributed by atoms with Crippen LogP contribution in [-0.2, 0) is 23.8 Å². The number of esters is 1. The van der Waals surface area contributed by atoms with Gasteiger partial charge in [0.05, 0.1) is 32.0 Å². The second-order valence-electron chi connectivity index (χ2n) is 19.3. The van der Waals surface area contributed by atoms with E-state index in [-0.39, 0.29) is 18.5 Å². The highest BCUT2D eigenvalue weighted by Gasteiger charge is 2.44. The van der Waals surface area contributed by atoms with Crippen LogP contribution in [0.25, 0.3) is 0 Å². The summed E-state index contributed by atoms with van der Waals surface area (Å²) in [4.78, 5) is 25.0. The summed E-state index contributed by atoms with van der Waals surface area (Å²) in [5, 5.41) is 54.2. The van der Waals surface area contributed by atoms with Gasteiger partial charge in [-0.3, -0.25) is 9.59 Å². The highest BCUT2D eigenvalue weighted by molar-refractivity contribution is 5.76. The van der Waals surface area contributed by atoms with Crippen molar-refractivity contribution in [2.24, 2.45) is 0 Å². The molecule has 400 valence electrons. The highest BCUT2D eigenvalue weighted by atomic mass is 16.7. The number of carbonyl (C=O) groups excluding carboxylic acids is 2. The normalized spacial score (nSPS) is 19.8. The molecule has 1 aliphatic rings. The number of hydrogen-bond donors (Lipinski definition) is 6. The van der Waals surface area contributed by atoms with E-state index in [1.807, 2.05) is 6.08 Å². The molecule has 0 bridgehead atoms. The van der Waals surface area contributed by atoms with Crippen molar-refractivity contribution >= 4 is 11.9 Å². The zero-order chi connectivity index (χ0) is 50.3. The Balaban J connectivity index is 2.17. The zero-order valence-corrected chi connectivity index (χ0v) is 43.8. The Hall–Kier alpha value is -2.64. The molecule has 7 unspecified atom stereocenters. The number of carbonyl (C=O) groups is 2. The van der Waals surface area contributed by atoms with E-state index in [9.17, 15) is 35.1 Å². The molecule has 1 saturated heterocycles. The summed E-state index contributed by atoms with van der Waals surface area (Å²) >= 11 is 0. The first-order valence-electron chi connectivity index (χ1n) is 28.1. The molecule has 69 heavy (non-hydrogen) atoms. The van der Waals surface area contributed by atoms with Gasteiger partial charge in [0, 0.05) is 12.8 Å². The molecule has 11 nitrogen and oxygen atoms in total. The molecule has 0 aromatic rings. The Labute approximate surface area is 420 Å². The van der Waals surface area contributed by atoms with Crippen LogP contribution in [0.4, 0.5) is 0 Å². The van der Waals surface area contributed by atoms with Crippen molar-refractivity contribution in [3.8, 4) is 0 Å². The Kier molecular flexibility index (Phi) is 44.5. The maximum atomic E-state index is 13.0. The van der Waals surface area contributed by atoms with Gasteiger partial charge in [-0.25, -0.2) is 0 Å². The molecule has 1 heterocycles. The molecule has 0 spiro atoms. The van der Waals surface area contributed by atoms with E-state index in [0.29, 0.717) is 19.4 Å². The van der Waals surface area contributed by atoms with Crippen LogP contribution in [0.15, 0.2) is 60.8 Å². The third-order valence-electron chi connectivity index (χ3n) is 12.8. The van der Waals surface area contributed by atoms with Crippen LogP contribution in [0, 0.1) is 0 Å². The van der Waals surface area contributed by atoms with Gasteiger partial charge in [0.25, 0.3) is 0 Å². The maximum absolute atomic E-state index is 13.0. The molecule has 6 N–H and O–H groups in total. The van der Waals surface area contributed by atoms with Crippen LogP contribution in [-0.4, -0.2) is 100 Å². The molecular weight excluding hydrogens is 871 g/mol. The molecule has 0 saturated carbocycles. The Morgan fingerprint density at radius 3 is 1.55 bits per heavy atom. The van der Waals surface area contributed by atoms with E-state index in [0.717, 1.165) is 96.3 Å². The predicted octanol–water partition coefficient (Wildman–Crippen LogP) is 12.3. The van der Waals surface area contributed by atoms with Gasteiger partial charge in [0.15, 0.2) is 6.29 Å². The summed E-state index contributed by atoms with van der Waals surface area (Å²) in [7, 11) is 0. The summed E-state index contributed by atoms with van der Waals surface area (Å²) in [6, 6.07) is -0.840. The second kappa shape index (κ2) is 47.7. The quantitative estimate of drug-likeness (QED) is 0.0196. The third kappa shape index (κ3) is 37.8. The summed E-state index contributed by atoms with van der Waals surface area (Å²) in [6.07, 6.45) is 50.2. The first kappa shape index (κ1) is 64.4. The van der Waals surface area contributed by atoms with Crippen LogP contribution in [0.5, 0.6) is 0 Å². The standard InChI is InChI=1S/C58H103NO10/c1-3-5-7-9-11-13-15-24-28-32-36-40-44-51(61)50(49-68-58-57(66)56(65)55(64)52(48-60)69-58)59-53(62)45-41-37-33-29-25-22-20-18-17-19-21-23-27-31-35-39-43-47-67-54(63)46-42-38-34-30-26-16-14-12-10-8-6-4-2/h12,14,17,19,23-24,27-28,40,44,50-52,55-58,60-61,64-66H,3-11,13,15-16,18,20-22,25-26,29-39,41-43,45-49H2,1-2H3,(H,59,62)/b14-12-,19-17-,27-23-,28-24+,44-40+. The number of aliphatic hydroxyl groups is 5. The molecule has 0 aromatic heterocycles.